The number of benzene rings is 2. The van der Waals surface area contributed by atoms with Crippen molar-refractivity contribution in [2.75, 3.05) is 49.5 Å². The molecular formula is C20H25ClN4O3. The van der Waals surface area contributed by atoms with E-state index in [-0.39, 0.29) is 6.61 Å². The molecule has 150 valence electrons. The van der Waals surface area contributed by atoms with Crippen LogP contribution in [0.4, 0.5) is 16.2 Å². The number of piperazine rings is 1. The summed E-state index contributed by atoms with van der Waals surface area (Å²) < 4.78 is 5.63. The summed E-state index contributed by atoms with van der Waals surface area (Å²) in [4.78, 5) is 15.4. The maximum atomic E-state index is 10.8. The van der Waals surface area contributed by atoms with Gasteiger partial charge in [0.05, 0.1) is 0 Å². The molecule has 28 heavy (non-hydrogen) atoms. The number of nitrogens with two attached hydrogens (primary N) is 1. The van der Waals surface area contributed by atoms with Gasteiger partial charge < -0.3 is 25.8 Å². The number of carbonyl (C=O) groups excluding carboxylic acids is 1. The standard InChI is InChI=1S/C20H25ClN4O3/c21-15-1-5-17(6-2-15)25-11-9-24(10-12-25)13-18(26)14-28-19-7-3-16(4-8-19)23-20(22)27/h1-8,18,26H,9-14H2,(H3,22,23,27)/t18-/m1/s1. The normalized spacial score (nSPS) is 15.9. The van der Waals surface area contributed by atoms with Gasteiger partial charge in [0.15, 0.2) is 0 Å². The lowest BCUT2D eigenvalue weighted by Crippen LogP contribution is -2.49. The minimum atomic E-state index is -0.611. The highest BCUT2D eigenvalue weighted by Crippen LogP contribution is 2.20. The van der Waals surface area contributed by atoms with E-state index in [4.69, 9.17) is 22.1 Å². The maximum Gasteiger partial charge on any atom is 0.316 e. The van der Waals surface area contributed by atoms with Gasteiger partial charge in [-0.2, -0.15) is 0 Å². The van der Waals surface area contributed by atoms with E-state index >= 15 is 0 Å². The maximum absolute atomic E-state index is 10.8. The number of β-amino-alcohol motifs (C(OH)–C–C–N with tert-alkyl or cyclic N) is 1. The zero-order valence-electron chi connectivity index (χ0n) is 15.6. The molecule has 7 nitrogen and oxygen atoms in total. The fraction of sp³-hybridized carbons (Fsp3) is 0.350. The summed E-state index contributed by atoms with van der Waals surface area (Å²) in [6.07, 6.45) is -0.578. The molecule has 2 aromatic carbocycles. The molecule has 2 aromatic rings. The van der Waals surface area contributed by atoms with Crippen molar-refractivity contribution in [2.24, 2.45) is 5.73 Å². The Hall–Kier alpha value is -2.48. The Balaban J connectivity index is 1.39. The van der Waals surface area contributed by atoms with Gasteiger partial charge in [0.2, 0.25) is 0 Å². The van der Waals surface area contributed by atoms with E-state index in [0.29, 0.717) is 18.0 Å². The molecule has 1 saturated heterocycles. The van der Waals surface area contributed by atoms with Crippen molar-refractivity contribution in [3.05, 3.63) is 53.6 Å². The first-order chi connectivity index (χ1) is 13.5. The van der Waals surface area contributed by atoms with Crippen molar-refractivity contribution in [1.29, 1.82) is 0 Å². The fourth-order valence-electron chi connectivity index (χ4n) is 3.16. The highest BCUT2D eigenvalue weighted by atomic mass is 35.5. The Morgan fingerprint density at radius 1 is 1.11 bits per heavy atom. The Morgan fingerprint density at radius 3 is 2.36 bits per heavy atom. The summed E-state index contributed by atoms with van der Waals surface area (Å²) in [5.41, 5.74) is 6.84. The van der Waals surface area contributed by atoms with Crippen molar-refractivity contribution in [3.63, 3.8) is 0 Å². The second-order valence-corrected chi connectivity index (χ2v) is 7.18. The molecule has 1 heterocycles. The minimum absolute atomic E-state index is 0.208. The van der Waals surface area contributed by atoms with Gasteiger partial charge >= 0.3 is 6.03 Å². The largest absolute Gasteiger partial charge is 0.491 e. The van der Waals surface area contributed by atoms with Crippen LogP contribution in [-0.4, -0.2) is 61.5 Å². The number of hydrogen-bond donors (Lipinski definition) is 3. The van der Waals surface area contributed by atoms with Crippen LogP contribution in [0.15, 0.2) is 48.5 Å². The Bertz CT molecular complexity index is 762. The molecule has 4 N–H and O–H groups in total. The van der Waals surface area contributed by atoms with Crippen LogP contribution in [0.1, 0.15) is 0 Å². The lowest BCUT2D eigenvalue weighted by Gasteiger charge is -2.36. The van der Waals surface area contributed by atoms with Crippen molar-refractivity contribution >= 4 is 29.0 Å². The van der Waals surface area contributed by atoms with E-state index in [1.165, 1.54) is 5.69 Å². The molecule has 3 rings (SSSR count). The molecule has 1 aliphatic rings. The molecule has 0 aliphatic carbocycles. The molecule has 0 radical (unpaired) electrons. The summed E-state index contributed by atoms with van der Waals surface area (Å²) in [6, 6.07) is 14.1. The number of anilines is 2. The number of aliphatic hydroxyl groups excluding tert-OH is 1. The number of carbonyl (C=O) groups is 1. The predicted molar refractivity (Wildman–Crippen MR) is 111 cm³/mol. The molecule has 1 atom stereocenters. The van der Waals surface area contributed by atoms with Gasteiger partial charge in [-0.25, -0.2) is 4.79 Å². The van der Waals surface area contributed by atoms with Gasteiger partial charge in [0.25, 0.3) is 0 Å². The molecule has 0 unspecified atom stereocenters. The van der Waals surface area contributed by atoms with Crippen LogP contribution in [0.3, 0.4) is 0 Å². The first kappa shape index (κ1) is 20.3. The van der Waals surface area contributed by atoms with E-state index in [1.54, 1.807) is 24.3 Å². The molecule has 0 saturated carbocycles. The van der Waals surface area contributed by atoms with Crippen molar-refractivity contribution in [3.8, 4) is 5.75 Å². The average molecular weight is 405 g/mol. The Labute approximate surface area is 169 Å². The van der Waals surface area contributed by atoms with Crippen LogP contribution in [0.25, 0.3) is 0 Å². The summed E-state index contributed by atoms with van der Waals surface area (Å²) in [5, 5.41) is 13.5. The van der Waals surface area contributed by atoms with E-state index in [1.807, 2.05) is 24.3 Å². The third-order valence-corrected chi connectivity index (χ3v) is 4.85. The monoisotopic (exact) mass is 404 g/mol. The number of halogens is 1. The molecule has 2 amide bonds. The smallest absolute Gasteiger partial charge is 0.316 e. The van der Waals surface area contributed by atoms with Gasteiger partial charge in [0.1, 0.15) is 18.5 Å². The first-order valence-corrected chi connectivity index (χ1v) is 9.57. The van der Waals surface area contributed by atoms with Crippen molar-refractivity contribution in [2.45, 2.75) is 6.10 Å². The molecule has 0 aromatic heterocycles. The van der Waals surface area contributed by atoms with Crippen LogP contribution in [0.2, 0.25) is 5.02 Å². The van der Waals surface area contributed by atoms with Crippen LogP contribution in [0.5, 0.6) is 5.75 Å². The van der Waals surface area contributed by atoms with E-state index in [0.717, 1.165) is 31.2 Å². The number of primary amides is 1. The number of urea groups is 1. The predicted octanol–water partition coefficient (Wildman–Crippen LogP) is 2.39. The number of aliphatic hydroxyl groups is 1. The number of ether oxygens (including phenoxy) is 1. The quantitative estimate of drug-likeness (QED) is 0.659. The lowest BCUT2D eigenvalue weighted by molar-refractivity contribution is 0.0663. The molecule has 1 fully saturated rings. The van der Waals surface area contributed by atoms with Crippen LogP contribution >= 0.6 is 11.6 Å². The van der Waals surface area contributed by atoms with Gasteiger partial charge in [-0.15, -0.1) is 0 Å². The molecule has 0 bridgehead atoms. The third-order valence-electron chi connectivity index (χ3n) is 4.60. The van der Waals surface area contributed by atoms with Gasteiger partial charge in [0, 0.05) is 49.1 Å². The summed E-state index contributed by atoms with van der Waals surface area (Å²) in [6.45, 7) is 4.35. The SMILES string of the molecule is NC(=O)Nc1ccc(OC[C@H](O)CN2CCN(c3ccc(Cl)cc3)CC2)cc1. The van der Waals surface area contributed by atoms with E-state index < -0.39 is 12.1 Å². The zero-order valence-corrected chi connectivity index (χ0v) is 16.3. The molecule has 1 aliphatic heterocycles. The van der Waals surface area contributed by atoms with Crippen LogP contribution in [0, 0.1) is 0 Å². The zero-order chi connectivity index (χ0) is 19.9. The van der Waals surface area contributed by atoms with Gasteiger partial charge in [-0.05, 0) is 48.5 Å². The molecule has 0 spiro atoms. The van der Waals surface area contributed by atoms with E-state index in [9.17, 15) is 9.90 Å². The molecular weight excluding hydrogens is 380 g/mol. The third kappa shape index (κ3) is 6.02. The van der Waals surface area contributed by atoms with Crippen LogP contribution < -0.4 is 20.7 Å². The number of rotatable bonds is 7. The number of hydrogen-bond acceptors (Lipinski definition) is 5. The van der Waals surface area contributed by atoms with E-state index in [2.05, 4.69) is 15.1 Å². The fourth-order valence-corrected chi connectivity index (χ4v) is 3.29. The van der Waals surface area contributed by atoms with Crippen LogP contribution in [-0.2, 0) is 0 Å². The van der Waals surface area contributed by atoms with Crippen molar-refractivity contribution < 1.29 is 14.6 Å². The van der Waals surface area contributed by atoms with Gasteiger partial charge in [-0.1, -0.05) is 11.6 Å². The summed E-state index contributed by atoms with van der Waals surface area (Å²) in [7, 11) is 0. The topological polar surface area (TPSA) is 91.1 Å². The second-order valence-electron chi connectivity index (χ2n) is 6.74. The number of nitrogens with zero attached hydrogens (tertiary/aromatic N) is 2. The Kier molecular flexibility index (Phi) is 6.97. The lowest BCUT2D eigenvalue weighted by atomic mass is 10.2. The average Bonchev–Trinajstić information content (AvgIpc) is 2.68. The molecule has 8 heteroatoms. The first-order valence-electron chi connectivity index (χ1n) is 9.20. The van der Waals surface area contributed by atoms with Crippen molar-refractivity contribution in [1.82, 2.24) is 4.90 Å². The summed E-state index contributed by atoms with van der Waals surface area (Å²) >= 11 is 5.94. The Morgan fingerprint density at radius 2 is 1.75 bits per heavy atom. The minimum Gasteiger partial charge on any atom is -0.491 e. The second kappa shape index (κ2) is 9.64. The highest BCUT2D eigenvalue weighted by molar-refractivity contribution is 6.30. The number of nitrogens with one attached hydrogen (secondary N) is 1. The van der Waals surface area contributed by atoms with Gasteiger partial charge in [-0.3, -0.25) is 4.90 Å². The summed E-state index contributed by atoms with van der Waals surface area (Å²) in [5.74, 6) is 0.627. The number of amides is 2. The highest BCUT2D eigenvalue weighted by Gasteiger charge is 2.19.